The van der Waals surface area contributed by atoms with Crippen LogP contribution < -0.4 is 5.32 Å². The molecule has 0 spiro atoms. The molecule has 0 saturated heterocycles. The van der Waals surface area contributed by atoms with Crippen molar-refractivity contribution in [2.75, 3.05) is 0 Å². The van der Waals surface area contributed by atoms with Crippen LogP contribution in [0.25, 0.3) is 0 Å². The van der Waals surface area contributed by atoms with Crippen LogP contribution in [0.5, 0.6) is 0 Å². The van der Waals surface area contributed by atoms with Gasteiger partial charge in [0.15, 0.2) is 0 Å². The van der Waals surface area contributed by atoms with Crippen molar-refractivity contribution in [2.45, 2.75) is 32.7 Å². The van der Waals surface area contributed by atoms with Crippen molar-refractivity contribution in [2.24, 2.45) is 0 Å². The molecule has 0 aliphatic heterocycles. The van der Waals surface area contributed by atoms with Crippen LogP contribution in [0.1, 0.15) is 57.8 Å². The van der Waals surface area contributed by atoms with E-state index in [2.05, 4.69) is 5.32 Å². The number of hydrogen-bond acceptors (Lipinski definition) is 3. The number of nitrogens with one attached hydrogen (secondary N) is 1. The van der Waals surface area contributed by atoms with Gasteiger partial charge in [-0.1, -0.05) is 56.3 Å². The average Bonchev–Trinajstić information content (AvgIpc) is 2.65. The molecule has 2 rings (SSSR count). The number of hydrogen-bond donors (Lipinski definition) is 1. The Morgan fingerprint density at radius 1 is 0.750 bits per heavy atom. The third-order valence-electron chi connectivity index (χ3n) is 3.97. The lowest BCUT2D eigenvalue weighted by atomic mass is 10.0. The highest BCUT2D eigenvalue weighted by Gasteiger charge is 2.18. The van der Waals surface area contributed by atoms with Gasteiger partial charge in [-0.3, -0.25) is 14.4 Å². The Bertz CT molecular complexity index is 716. The van der Waals surface area contributed by atoms with E-state index in [1.165, 1.54) is 12.1 Å². The van der Waals surface area contributed by atoms with Crippen molar-refractivity contribution in [3.8, 4) is 0 Å². The summed E-state index contributed by atoms with van der Waals surface area (Å²) in [6.07, 6.45) is 1.73. The molecule has 4 heteroatoms. The van der Waals surface area contributed by atoms with Crippen molar-refractivity contribution < 1.29 is 14.4 Å². The maximum absolute atomic E-state index is 12.2. The van der Waals surface area contributed by atoms with Crippen LogP contribution in [0.3, 0.4) is 0 Å². The van der Waals surface area contributed by atoms with Gasteiger partial charge in [0.25, 0.3) is 5.91 Å². The molecule has 0 aliphatic carbocycles. The van der Waals surface area contributed by atoms with Gasteiger partial charge in [-0.15, -0.1) is 0 Å². The Morgan fingerprint density at radius 3 is 1.71 bits per heavy atom. The first-order valence-electron chi connectivity index (χ1n) is 8.11. The molecule has 24 heavy (non-hydrogen) atoms. The fourth-order valence-electron chi connectivity index (χ4n) is 2.39. The average molecular weight is 323 g/mol. The first-order valence-corrected chi connectivity index (χ1v) is 8.11. The first kappa shape index (κ1) is 17.6. The predicted molar refractivity (Wildman–Crippen MR) is 93.4 cm³/mol. The van der Waals surface area contributed by atoms with Crippen LogP contribution in [0.15, 0.2) is 54.6 Å². The molecule has 0 bridgehead atoms. The molecule has 0 heterocycles. The highest BCUT2D eigenvalue weighted by molar-refractivity contribution is 6.49. The molecule has 0 saturated carbocycles. The van der Waals surface area contributed by atoms with Crippen molar-refractivity contribution in [1.82, 2.24) is 5.32 Å². The zero-order chi connectivity index (χ0) is 17.5. The molecule has 1 N–H and O–H groups in total. The molecule has 2 aromatic carbocycles. The van der Waals surface area contributed by atoms with E-state index in [-0.39, 0.29) is 17.5 Å². The Balaban J connectivity index is 2.10. The van der Waals surface area contributed by atoms with E-state index in [1.807, 2.05) is 13.8 Å². The van der Waals surface area contributed by atoms with Crippen molar-refractivity contribution in [3.63, 3.8) is 0 Å². The second-order valence-electron chi connectivity index (χ2n) is 5.59. The van der Waals surface area contributed by atoms with Gasteiger partial charge in [-0.2, -0.15) is 0 Å². The van der Waals surface area contributed by atoms with Gasteiger partial charge >= 0.3 is 0 Å². The van der Waals surface area contributed by atoms with Gasteiger partial charge in [0, 0.05) is 22.7 Å². The van der Waals surface area contributed by atoms with Gasteiger partial charge in [-0.25, -0.2) is 0 Å². The fraction of sp³-hybridized carbons (Fsp3) is 0.250. The standard InChI is InChI=1S/C20H21NO3/c1-3-17(4-2)21-20(24)16-12-10-15(11-13-16)19(23)18(22)14-8-6-5-7-9-14/h5-13,17H,3-4H2,1-2H3,(H,21,24). The lowest BCUT2D eigenvalue weighted by Gasteiger charge is -2.14. The molecule has 124 valence electrons. The number of Topliss-reactive ketones (excluding diaryl/α,β-unsaturated/α-hetero) is 2. The van der Waals surface area contributed by atoms with E-state index in [1.54, 1.807) is 42.5 Å². The van der Waals surface area contributed by atoms with Crippen LogP contribution in [-0.2, 0) is 0 Å². The minimum Gasteiger partial charge on any atom is -0.349 e. The summed E-state index contributed by atoms with van der Waals surface area (Å²) in [5, 5.41) is 2.94. The zero-order valence-corrected chi connectivity index (χ0v) is 13.9. The SMILES string of the molecule is CCC(CC)NC(=O)c1ccc(C(=O)C(=O)c2ccccc2)cc1. The molecule has 2 aromatic rings. The topological polar surface area (TPSA) is 63.2 Å². The third-order valence-corrected chi connectivity index (χ3v) is 3.97. The molecule has 0 fully saturated rings. The number of benzene rings is 2. The molecule has 0 aliphatic rings. The van der Waals surface area contributed by atoms with Crippen LogP contribution in [-0.4, -0.2) is 23.5 Å². The minimum absolute atomic E-state index is 0.137. The molecule has 0 unspecified atom stereocenters. The maximum atomic E-state index is 12.2. The summed E-state index contributed by atoms with van der Waals surface area (Å²) in [6.45, 7) is 4.04. The number of ketones is 2. The van der Waals surface area contributed by atoms with Gasteiger partial charge in [0.05, 0.1) is 0 Å². The van der Waals surface area contributed by atoms with Crippen molar-refractivity contribution >= 4 is 17.5 Å². The van der Waals surface area contributed by atoms with Gasteiger partial charge in [0.2, 0.25) is 11.6 Å². The number of amides is 1. The van der Waals surface area contributed by atoms with Gasteiger partial charge < -0.3 is 5.32 Å². The summed E-state index contributed by atoms with van der Waals surface area (Å²) in [6, 6.07) is 14.8. The van der Waals surface area contributed by atoms with E-state index in [9.17, 15) is 14.4 Å². The van der Waals surface area contributed by atoms with Crippen molar-refractivity contribution in [3.05, 3.63) is 71.3 Å². The smallest absolute Gasteiger partial charge is 0.251 e. The Morgan fingerprint density at radius 2 is 1.21 bits per heavy atom. The van der Waals surface area contributed by atoms with Crippen LogP contribution in [0.2, 0.25) is 0 Å². The molecule has 0 aromatic heterocycles. The third kappa shape index (κ3) is 4.16. The highest BCUT2D eigenvalue weighted by atomic mass is 16.2. The van der Waals surface area contributed by atoms with E-state index in [0.717, 1.165) is 12.8 Å². The summed E-state index contributed by atoms with van der Waals surface area (Å²) >= 11 is 0. The summed E-state index contributed by atoms with van der Waals surface area (Å²) in [7, 11) is 0. The number of carbonyl (C=O) groups excluding carboxylic acids is 3. The Labute approximate surface area is 141 Å². The molecule has 0 radical (unpaired) electrons. The van der Waals surface area contributed by atoms with E-state index < -0.39 is 11.6 Å². The van der Waals surface area contributed by atoms with Crippen LogP contribution in [0, 0.1) is 0 Å². The number of carbonyl (C=O) groups is 3. The Hall–Kier alpha value is -2.75. The summed E-state index contributed by atoms with van der Waals surface area (Å²) in [5.74, 6) is -1.30. The lowest BCUT2D eigenvalue weighted by molar-refractivity contribution is 0.0817. The quantitative estimate of drug-likeness (QED) is 0.624. The van der Waals surface area contributed by atoms with Crippen LogP contribution in [0.4, 0.5) is 0 Å². The van der Waals surface area contributed by atoms with E-state index >= 15 is 0 Å². The van der Waals surface area contributed by atoms with E-state index in [0.29, 0.717) is 11.1 Å². The van der Waals surface area contributed by atoms with Crippen LogP contribution >= 0.6 is 0 Å². The fourth-order valence-corrected chi connectivity index (χ4v) is 2.39. The van der Waals surface area contributed by atoms with Crippen molar-refractivity contribution in [1.29, 1.82) is 0 Å². The molecule has 0 atom stereocenters. The molecular weight excluding hydrogens is 302 g/mol. The molecule has 1 amide bonds. The van der Waals surface area contributed by atoms with E-state index in [4.69, 9.17) is 0 Å². The summed E-state index contributed by atoms with van der Waals surface area (Å²) in [4.78, 5) is 36.6. The number of rotatable bonds is 7. The predicted octanol–water partition coefficient (Wildman–Crippen LogP) is 3.67. The second kappa shape index (κ2) is 8.20. The largest absolute Gasteiger partial charge is 0.349 e. The van der Waals surface area contributed by atoms with Gasteiger partial charge in [0.1, 0.15) is 0 Å². The summed E-state index contributed by atoms with van der Waals surface area (Å²) < 4.78 is 0. The zero-order valence-electron chi connectivity index (χ0n) is 13.9. The second-order valence-corrected chi connectivity index (χ2v) is 5.59. The first-order chi connectivity index (χ1) is 11.6. The lowest BCUT2D eigenvalue weighted by Crippen LogP contribution is -2.33. The highest BCUT2D eigenvalue weighted by Crippen LogP contribution is 2.10. The monoisotopic (exact) mass is 323 g/mol. The normalized spacial score (nSPS) is 10.5. The minimum atomic E-state index is -0.576. The van der Waals surface area contributed by atoms with Gasteiger partial charge in [-0.05, 0) is 25.0 Å². The summed E-state index contributed by atoms with van der Waals surface area (Å²) in [5.41, 5.74) is 1.12. The molecular formula is C20H21NO3. The maximum Gasteiger partial charge on any atom is 0.251 e. The molecule has 4 nitrogen and oxygen atoms in total. The Kier molecular flexibility index (Phi) is 6.01.